The lowest BCUT2D eigenvalue weighted by molar-refractivity contribution is 0.580. The highest BCUT2D eigenvalue weighted by atomic mass is 79.9. The molecule has 0 saturated carbocycles. The summed E-state index contributed by atoms with van der Waals surface area (Å²) in [5.41, 5.74) is 8.65. The van der Waals surface area contributed by atoms with Gasteiger partial charge in [-0.25, -0.2) is 13.1 Å². The molecule has 112 valence electrons. The highest BCUT2D eigenvalue weighted by Gasteiger charge is 2.18. The number of hydrogen-bond acceptors (Lipinski definition) is 3. The second kappa shape index (κ2) is 6.17. The van der Waals surface area contributed by atoms with Crippen molar-refractivity contribution in [3.05, 3.63) is 57.6 Å². The molecule has 2 aromatic rings. The quantitative estimate of drug-likeness (QED) is 0.814. The van der Waals surface area contributed by atoms with Crippen LogP contribution in [0.25, 0.3) is 0 Å². The van der Waals surface area contributed by atoms with Crippen molar-refractivity contribution in [1.29, 1.82) is 0 Å². The summed E-state index contributed by atoms with van der Waals surface area (Å²) in [6.45, 7) is 3.86. The van der Waals surface area contributed by atoms with Gasteiger partial charge in [-0.1, -0.05) is 28.1 Å². The minimum atomic E-state index is -3.59. The number of nitrogen functional groups attached to an aromatic ring is 1. The molecule has 0 aromatic heterocycles. The Morgan fingerprint density at radius 3 is 2.57 bits per heavy atom. The molecule has 0 amide bonds. The van der Waals surface area contributed by atoms with Crippen molar-refractivity contribution in [2.75, 3.05) is 5.73 Å². The van der Waals surface area contributed by atoms with Gasteiger partial charge >= 0.3 is 0 Å². The Balaban J connectivity index is 2.27. The fourth-order valence-corrected chi connectivity index (χ4v) is 3.85. The van der Waals surface area contributed by atoms with Gasteiger partial charge in [0.05, 0.1) is 4.90 Å². The molecule has 0 aliphatic carbocycles. The van der Waals surface area contributed by atoms with Crippen molar-refractivity contribution >= 4 is 31.6 Å². The second-order valence-corrected chi connectivity index (χ2v) is 7.57. The van der Waals surface area contributed by atoms with Crippen molar-refractivity contribution in [2.45, 2.75) is 25.3 Å². The van der Waals surface area contributed by atoms with Gasteiger partial charge in [-0.2, -0.15) is 0 Å². The van der Waals surface area contributed by atoms with Crippen LogP contribution in [0.1, 0.15) is 16.7 Å². The highest BCUT2D eigenvalue weighted by Crippen LogP contribution is 2.22. The summed E-state index contributed by atoms with van der Waals surface area (Å²) < 4.78 is 28.4. The number of nitrogens with one attached hydrogen (secondary N) is 1. The first kappa shape index (κ1) is 16.0. The Hall–Kier alpha value is -1.37. The molecular formula is C15H17BrN2O2S. The van der Waals surface area contributed by atoms with E-state index in [2.05, 4.69) is 20.7 Å². The van der Waals surface area contributed by atoms with E-state index in [1.165, 1.54) is 6.07 Å². The maximum atomic E-state index is 12.4. The van der Waals surface area contributed by atoms with E-state index in [1.54, 1.807) is 13.0 Å². The third-order valence-corrected chi connectivity index (χ3v) is 5.31. The largest absolute Gasteiger partial charge is 0.399 e. The highest BCUT2D eigenvalue weighted by molar-refractivity contribution is 9.10. The molecule has 0 unspecified atom stereocenters. The van der Waals surface area contributed by atoms with Crippen LogP contribution in [0.5, 0.6) is 0 Å². The van der Waals surface area contributed by atoms with Crippen LogP contribution in [0.15, 0.2) is 45.8 Å². The molecule has 0 fully saturated rings. The van der Waals surface area contributed by atoms with Crippen molar-refractivity contribution < 1.29 is 8.42 Å². The van der Waals surface area contributed by atoms with Crippen LogP contribution in [0.3, 0.4) is 0 Å². The first-order valence-electron chi connectivity index (χ1n) is 6.40. The molecule has 0 heterocycles. The third kappa shape index (κ3) is 3.84. The molecular weight excluding hydrogens is 352 g/mol. The average molecular weight is 369 g/mol. The lowest BCUT2D eigenvalue weighted by Crippen LogP contribution is -2.24. The maximum absolute atomic E-state index is 12.4. The van der Waals surface area contributed by atoms with Crippen LogP contribution < -0.4 is 10.5 Å². The zero-order chi connectivity index (χ0) is 15.6. The number of benzene rings is 2. The lowest BCUT2D eigenvalue weighted by atomic mass is 10.1. The van der Waals surface area contributed by atoms with E-state index >= 15 is 0 Å². The molecule has 2 aromatic carbocycles. The van der Waals surface area contributed by atoms with Crippen molar-refractivity contribution in [1.82, 2.24) is 4.72 Å². The van der Waals surface area contributed by atoms with Crippen molar-refractivity contribution in [3.8, 4) is 0 Å². The summed E-state index contributed by atoms with van der Waals surface area (Å²) >= 11 is 3.36. The van der Waals surface area contributed by atoms with Crippen LogP contribution >= 0.6 is 15.9 Å². The summed E-state index contributed by atoms with van der Waals surface area (Å²) in [4.78, 5) is 0.231. The van der Waals surface area contributed by atoms with Gasteiger partial charge in [-0.15, -0.1) is 0 Å². The van der Waals surface area contributed by atoms with Gasteiger partial charge < -0.3 is 5.73 Å². The molecule has 0 bridgehead atoms. The Morgan fingerprint density at radius 1 is 1.19 bits per heavy atom. The molecule has 21 heavy (non-hydrogen) atoms. The Labute approximate surface area is 133 Å². The lowest BCUT2D eigenvalue weighted by Gasteiger charge is -2.12. The summed E-state index contributed by atoms with van der Waals surface area (Å²) in [6, 6.07) is 10.8. The number of halogens is 1. The monoisotopic (exact) mass is 368 g/mol. The van der Waals surface area contributed by atoms with Gasteiger partial charge in [0.2, 0.25) is 10.0 Å². The van der Waals surface area contributed by atoms with Crippen LogP contribution in [0.2, 0.25) is 0 Å². The first-order valence-corrected chi connectivity index (χ1v) is 8.68. The summed E-state index contributed by atoms with van der Waals surface area (Å²) in [5, 5.41) is 0. The molecule has 0 saturated heterocycles. The SMILES string of the molecule is Cc1cc(N)cc(S(=O)(=O)NCc2cccc(Br)c2)c1C. The maximum Gasteiger partial charge on any atom is 0.241 e. The van der Waals surface area contributed by atoms with Crippen LogP contribution in [0, 0.1) is 13.8 Å². The zero-order valence-electron chi connectivity index (χ0n) is 11.9. The molecule has 3 N–H and O–H groups in total. The summed E-state index contributed by atoms with van der Waals surface area (Å²) in [5.74, 6) is 0. The number of anilines is 1. The molecule has 0 spiro atoms. The minimum Gasteiger partial charge on any atom is -0.399 e. The smallest absolute Gasteiger partial charge is 0.241 e. The molecule has 0 radical (unpaired) electrons. The standard InChI is InChI=1S/C15H17BrN2O2S/c1-10-6-14(17)8-15(11(10)2)21(19,20)18-9-12-4-3-5-13(16)7-12/h3-8,18H,9,17H2,1-2H3. The second-order valence-electron chi connectivity index (χ2n) is 4.92. The average Bonchev–Trinajstić information content (AvgIpc) is 2.41. The van der Waals surface area contributed by atoms with E-state index < -0.39 is 10.0 Å². The van der Waals surface area contributed by atoms with Crippen LogP contribution in [-0.4, -0.2) is 8.42 Å². The number of rotatable bonds is 4. The Morgan fingerprint density at radius 2 is 1.90 bits per heavy atom. The van der Waals surface area contributed by atoms with Gasteiger partial charge in [0.25, 0.3) is 0 Å². The van der Waals surface area contributed by atoms with E-state index in [0.29, 0.717) is 11.3 Å². The fourth-order valence-electron chi connectivity index (χ4n) is 2.04. The van der Waals surface area contributed by atoms with E-state index in [4.69, 9.17) is 5.73 Å². The van der Waals surface area contributed by atoms with Gasteiger partial charge in [0.15, 0.2) is 0 Å². The van der Waals surface area contributed by atoms with Crippen molar-refractivity contribution in [2.24, 2.45) is 0 Å². The first-order chi connectivity index (χ1) is 9.79. The Bertz CT molecular complexity index is 773. The summed E-state index contributed by atoms with van der Waals surface area (Å²) in [6.07, 6.45) is 0. The molecule has 0 aliphatic rings. The third-order valence-electron chi connectivity index (χ3n) is 3.29. The molecule has 0 aliphatic heterocycles. The molecule has 4 nitrogen and oxygen atoms in total. The van der Waals surface area contributed by atoms with Gasteiger partial charge in [-0.3, -0.25) is 0 Å². The molecule has 0 atom stereocenters. The van der Waals surface area contributed by atoms with E-state index in [1.807, 2.05) is 31.2 Å². The molecule has 6 heteroatoms. The van der Waals surface area contributed by atoms with Gasteiger partial charge in [0.1, 0.15) is 0 Å². The van der Waals surface area contributed by atoms with Crippen molar-refractivity contribution in [3.63, 3.8) is 0 Å². The predicted molar refractivity (Wildman–Crippen MR) is 88.5 cm³/mol. The van der Waals surface area contributed by atoms with Gasteiger partial charge in [0, 0.05) is 16.7 Å². The zero-order valence-corrected chi connectivity index (χ0v) is 14.3. The number of hydrogen-bond donors (Lipinski definition) is 2. The minimum absolute atomic E-state index is 0.231. The Kier molecular flexibility index (Phi) is 4.70. The van der Waals surface area contributed by atoms with E-state index in [0.717, 1.165) is 15.6 Å². The predicted octanol–water partition coefficient (Wildman–Crippen LogP) is 3.13. The van der Waals surface area contributed by atoms with E-state index in [9.17, 15) is 8.42 Å². The number of nitrogens with two attached hydrogens (primary N) is 1. The number of sulfonamides is 1. The van der Waals surface area contributed by atoms with Gasteiger partial charge in [-0.05, 0) is 54.8 Å². The number of aryl methyl sites for hydroxylation is 1. The summed E-state index contributed by atoms with van der Waals surface area (Å²) in [7, 11) is -3.59. The fraction of sp³-hybridized carbons (Fsp3) is 0.200. The van der Waals surface area contributed by atoms with Crippen LogP contribution in [-0.2, 0) is 16.6 Å². The normalized spacial score (nSPS) is 11.6. The molecule has 2 rings (SSSR count). The topological polar surface area (TPSA) is 72.2 Å². The van der Waals surface area contributed by atoms with Crippen LogP contribution in [0.4, 0.5) is 5.69 Å². The van der Waals surface area contributed by atoms with E-state index in [-0.39, 0.29) is 11.4 Å².